The normalized spacial score (nSPS) is 12.7. The third-order valence-electron chi connectivity index (χ3n) is 2.04. The molecule has 0 amide bonds. The second-order valence-electron chi connectivity index (χ2n) is 2.97. The molecule has 58 valence electrons. The first-order valence-corrected chi connectivity index (χ1v) is 9.36. The molecule has 1 heteroatoms. The van der Waals surface area contributed by atoms with Crippen molar-refractivity contribution >= 4 is 21.1 Å². The molecule has 0 aliphatic carbocycles. The Balaban J connectivity index is 3.21. The first kappa shape index (κ1) is 10.8. The van der Waals surface area contributed by atoms with E-state index < -0.39 is 0 Å². The van der Waals surface area contributed by atoms with Crippen molar-refractivity contribution in [1.29, 1.82) is 0 Å². The van der Waals surface area contributed by atoms with Crippen LogP contribution in [0.3, 0.4) is 0 Å². The predicted molar refractivity (Wildman–Crippen MR) is 49.7 cm³/mol. The molecule has 0 fully saturated rings. The van der Waals surface area contributed by atoms with Crippen LogP contribution in [0.2, 0.25) is 9.38 Å². The SMILES string of the molecule is CCCCC(CC)[CH2][Sn+2][CH3]. The minimum absolute atomic E-state index is 0.0956. The van der Waals surface area contributed by atoms with Crippen LogP contribution in [0, 0.1) is 5.92 Å². The van der Waals surface area contributed by atoms with Crippen molar-refractivity contribution in [1.82, 2.24) is 0 Å². The average Bonchev–Trinajstić information content (AvgIpc) is 1.98. The van der Waals surface area contributed by atoms with Crippen molar-refractivity contribution in [2.45, 2.75) is 48.9 Å². The first-order chi connectivity index (χ1) is 4.85. The molecule has 1 atom stereocenters. The van der Waals surface area contributed by atoms with Crippen molar-refractivity contribution in [3.8, 4) is 0 Å². The summed E-state index contributed by atoms with van der Waals surface area (Å²) in [5.74, 6) is 1.09. The molecule has 0 N–H and O–H groups in total. The second-order valence-corrected chi connectivity index (χ2v) is 6.16. The molecule has 0 aliphatic heterocycles. The molecule has 0 aromatic carbocycles. The van der Waals surface area contributed by atoms with Crippen molar-refractivity contribution in [2.24, 2.45) is 5.92 Å². The van der Waals surface area contributed by atoms with Crippen molar-refractivity contribution in [3.63, 3.8) is 0 Å². The third-order valence-corrected chi connectivity index (χ3v) is 4.85. The summed E-state index contributed by atoms with van der Waals surface area (Å²) in [4.78, 5) is 2.46. The minimum atomic E-state index is 0.0956. The summed E-state index contributed by atoms with van der Waals surface area (Å²) >= 11 is 0.0956. The van der Waals surface area contributed by atoms with Crippen LogP contribution in [0.1, 0.15) is 39.5 Å². The van der Waals surface area contributed by atoms with Crippen LogP contribution in [0.25, 0.3) is 0 Å². The van der Waals surface area contributed by atoms with Gasteiger partial charge in [-0.2, -0.15) is 0 Å². The molecule has 0 rings (SSSR count). The van der Waals surface area contributed by atoms with Crippen molar-refractivity contribution in [2.75, 3.05) is 0 Å². The van der Waals surface area contributed by atoms with Gasteiger partial charge in [0.1, 0.15) is 0 Å². The van der Waals surface area contributed by atoms with Crippen LogP contribution in [0.4, 0.5) is 0 Å². The number of unbranched alkanes of at least 4 members (excludes halogenated alkanes) is 1. The zero-order valence-electron chi connectivity index (χ0n) is 7.61. The Morgan fingerprint density at radius 1 is 1.30 bits per heavy atom. The summed E-state index contributed by atoms with van der Waals surface area (Å²) in [6.07, 6.45) is 5.76. The number of hydrogen-bond donors (Lipinski definition) is 0. The Labute approximate surface area is 76.0 Å². The van der Waals surface area contributed by atoms with Gasteiger partial charge in [-0.3, -0.25) is 0 Å². The standard InChI is InChI=1S/C8H17.CH3.Sn/c1-4-6-7-8(3)5-2;;/h8H,3-7H2,1-2H3;1H3;/q;;+2. The van der Waals surface area contributed by atoms with Gasteiger partial charge in [0.25, 0.3) is 0 Å². The maximum atomic E-state index is 2.46. The summed E-state index contributed by atoms with van der Waals surface area (Å²) in [5.41, 5.74) is 0. The average molecular weight is 247 g/mol. The van der Waals surface area contributed by atoms with Gasteiger partial charge in [0.05, 0.1) is 0 Å². The molecule has 10 heavy (non-hydrogen) atoms. The van der Waals surface area contributed by atoms with E-state index >= 15 is 0 Å². The molecule has 0 saturated heterocycles. The van der Waals surface area contributed by atoms with E-state index in [2.05, 4.69) is 18.8 Å². The van der Waals surface area contributed by atoms with Gasteiger partial charge in [-0.15, -0.1) is 0 Å². The summed E-state index contributed by atoms with van der Waals surface area (Å²) in [7, 11) is 0. The van der Waals surface area contributed by atoms with E-state index in [9.17, 15) is 0 Å². The molecule has 0 radical (unpaired) electrons. The zero-order chi connectivity index (χ0) is 7.82. The van der Waals surface area contributed by atoms with Crippen LogP contribution in [0.15, 0.2) is 0 Å². The molecule has 0 aromatic heterocycles. The van der Waals surface area contributed by atoms with Crippen molar-refractivity contribution < 1.29 is 0 Å². The zero-order valence-corrected chi connectivity index (χ0v) is 10.5. The van der Waals surface area contributed by atoms with Gasteiger partial charge in [-0.1, -0.05) is 0 Å². The molecule has 0 aromatic rings. The fourth-order valence-electron chi connectivity index (χ4n) is 1.23. The van der Waals surface area contributed by atoms with Gasteiger partial charge >= 0.3 is 76.0 Å². The first-order valence-electron chi connectivity index (χ1n) is 4.49. The van der Waals surface area contributed by atoms with E-state index in [1.807, 2.05) is 0 Å². The molecule has 1 unspecified atom stereocenters. The van der Waals surface area contributed by atoms with Gasteiger partial charge in [-0.05, 0) is 0 Å². The van der Waals surface area contributed by atoms with Gasteiger partial charge in [-0.25, -0.2) is 0 Å². The molecule has 0 aliphatic rings. The molecular weight excluding hydrogens is 227 g/mol. The Bertz CT molecular complexity index is 61.7. The maximum absolute atomic E-state index is 2.46. The molecule has 0 saturated carbocycles. The van der Waals surface area contributed by atoms with Gasteiger partial charge in [0.2, 0.25) is 0 Å². The molecule has 0 nitrogen and oxygen atoms in total. The van der Waals surface area contributed by atoms with Crippen LogP contribution >= 0.6 is 0 Å². The fourth-order valence-corrected chi connectivity index (χ4v) is 4.29. The third kappa shape index (κ3) is 5.57. The quantitative estimate of drug-likeness (QED) is 0.631. The van der Waals surface area contributed by atoms with Gasteiger partial charge < -0.3 is 0 Å². The Kier molecular flexibility index (Phi) is 8.53. The second kappa shape index (κ2) is 7.90. The van der Waals surface area contributed by atoms with E-state index in [1.54, 1.807) is 4.44 Å². The Hall–Kier alpha value is 0.799. The van der Waals surface area contributed by atoms with Gasteiger partial charge in [0, 0.05) is 0 Å². The molecule has 0 bridgehead atoms. The van der Waals surface area contributed by atoms with E-state index in [0.717, 1.165) is 5.92 Å². The Morgan fingerprint density at radius 3 is 2.40 bits per heavy atom. The van der Waals surface area contributed by atoms with E-state index in [-0.39, 0.29) is 21.1 Å². The topological polar surface area (TPSA) is 0 Å². The van der Waals surface area contributed by atoms with E-state index in [0.29, 0.717) is 0 Å². The molecule has 0 heterocycles. The number of rotatable bonds is 6. The monoisotopic (exact) mass is 248 g/mol. The summed E-state index contributed by atoms with van der Waals surface area (Å²) in [6.45, 7) is 4.63. The summed E-state index contributed by atoms with van der Waals surface area (Å²) < 4.78 is 1.61. The van der Waals surface area contributed by atoms with E-state index in [4.69, 9.17) is 0 Å². The van der Waals surface area contributed by atoms with Gasteiger partial charge in [0.15, 0.2) is 0 Å². The van der Waals surface area contributed by atoms with Crippen LogP contribution in [0.5, 0.6) is 0 Å². The fraction of sp³-hybridized carbons (Fsp3) is 1.00. The van der Waals surface area contributed by atoms with Crippen molar-refractivity contribution in [3.05, 3.63) is 0 Å². The molecular formula is C9H20Sn+2. The van der Waals surface area contributed by atoms with Crippen LogP contribution in [-0.2, 0) is 0 Å². The predicted octanol–water partition coefficient (Wildman–Crippen LogP) is 3.37. The summed E-state index contributed by atoms with van der Waals surface area (Å²) in [6, 6.07) is 0. The van der Waals surface area contributed by atoms with Crippen LogP contribution < -0.4 is 0 Å². The Morgan fingerprint density at radius 2 is 2.00 bits per heavy atom. The summed E-state index contributed by atoms with van der Waals surface area (Å²) in [5, 5.41) is 0. The van der Waals surface area contributed by atoms with Crippen LogP contribution in [-0.4, -0.2) is 21.1 Å². The number of hydrogen-bond acceptors (Lipinski definition) is 0. The molecule has 0 spiro atoms. The van der Waals surface area contributed by atoms with E-state index in [1.165, 1.54) is 25.7 Å².